The van der Waals surface area contributed by atoms with Crippen LogP contribution in [0.1, 0.15) is 29.0 Å². The molecule has 1 atom stereocenters. The molecule has 1 unspecified atom stereocenters. The third-order valence-electron chi connectivity index (χ3n) is 5.08. The molecule has 0 fully saturated rings. The Hall–Kier alpha value is -3.67. The molecular formula is C23H21FN4O. The minimum atomic E-state index is -0.435. The summed E-state index contributed by atoms with van der Waals surface area (Å²) >= 11 is 0. The zero-order valence-corrected chi connectivity index (χ0v) is 16.0. The van der Waals surface area contributed by atoms with Gasteiger partial charge in [0.25, 0.3) is 5.91 Å². The van der Waals surface area contributed by atoms with Crippen molar-refractivity contribution in [2.24, 2.45) is 0 Å². The molecule has 0 spiro atoms. The highest BCUT2D eigenvalue weighted by Gasteiger charge is 2.24. The highest BCUT2D eigenvalue weighted by atomic mass is 19.1. The number of pyridine rings is 1. The molecule has 146 valence electrons. The number of nitrogens with zero attached hydrogens (tertiary/aromatic N) is 2. The number of hydrogen-bond donors (Lipinski definition) is 2. The molecule has 29 heavy (non-hydrogen) atoms. The lowest BCUT2D eigenvalue weighted by atomic mass is 10.1. The van der Waals surface area contributed by atoms with Crippen LogP contribution >= 0.6 is 0 Å². The first-order valence-corrected chi connectivity index (χ1v) is 9.37. The predicted octanol–water partition coefficient (Wildman–Crippen LogP) is 5.09. The van der Waals surface area contributed by atoms with Crippen molar-refractivity contribution < 1.29 is 9.18 Å². The van der Waals surface area contributed by atoms with Crippen LogP contribution in [0.5, 0.6) is 0 Å². The van der Waals surface area contributed by atoms with Crippen LogP contribution in [-0.2, 0) is 0 Å². The molecule has 6 heteroatoms. The van der Waals surface area contributed by atoms with Crippen LogP contribution in [0.3, 0.4) is 0 Å². The maximum Gasteiger partial charge on any atom is 0.271 e. The number of nitrogens with one attached hydrogen (secondary N) is 2. The molecule has 0 aliphatic carbocycles. The van der Waals surface area contributed by atoms with Crippen molar-refractivity contribution in [1.82, 2.24) is 19.9 Å². The number of carbonyl (C=O) groups excluding carboxylic acids is 1. The van der Waals surface area contributed by atoms with Crippen molar-refractivity contribution in [1.29, 1.82) is 0 Å². The molecule has 0 radical (unpaired) electrons. The van der Waals surface area contributed by atoms with Gasteiger partial charge in [-0.3, -0.25) is 4.79 Å². The fraction of sp³-hybridized carbons (Fsp3) is 0.130. The number of amides is 1. The van der Waals surface area contributed by atoms with Gasteiger partial charge < -0.3 is 14.9 Å². The van der Waals surface area contributed by atoms with Crippen molar-refractivity contribution in [3.8, 4) is 11.1 Å². The highest BCUT2D eigenvalue weighted by molar-refractivity contribution is 5.97. The van der Waals surface area contributed by atoms with E-state index in [4.69, 9.17) is 0 Å². The number of halogens is 1. The summed E-state index contributed by atoms with van der Waals surface area (Å²) in [4.78, 5) is 25.0. The maximum absolute atomic E-state index is 14.5. The SMILES string of the molecule is C=CCN(C(=O)c1cc(-c2c(F)cnc3[nH]ccc23)c[nH]1)C(C)c1ccccc1. The molecule has 0 aliphatic rings. The van der Waals surface area contributed by atoms with Gasteiger partial charge in [0, 0.05) is 35.5 Å². The van der Waals surface area contributed by atoms with Gasteiger partial charge in [-0.1, -0.05) is 36.4 Å². The van der Waals surface area contributed by atoms with Gasteiger partial charge in [-0.25, -0.2) is 9.37 Å². The Labute approximate surface area is 167 Å². The lowest BCUT2D eigenvalue weighted by Crippen LogP contribution is -2.34. The molecule has 1 amide bonds. The summed E-state index contributed by atoms with van der Waals surface area (Å²) in [6, 6.07) is 13.1. The summed E-state index contributed by atoms with van der Waals surface area (Å²) in [5.41, 5.74) is 3.04. The second-order valence-corrected chi connectivity index (χ2v) is 6.86. The van der Waals surface area contributed by atoms with E-state index in [0.717, 1.165) is 5.56 Å². The Morgan fingerprint density at radius 1 is 1.28 bits per heavy atom. The van der Waals surface area contributed by atoms with Crippen LogP contribution in [0, 0.1) is 5.82 Å². The second-order valence-electron chi connectivity index (χ2n) is 6.86. The minimum absolute atomic E-state index is 0.137. The summed E-state index contributed by atoms with van der Waals surface area (Å²) in [5, 5.41) is 0.670. The van der Waals surface area contributed by atoms with Crippen LogP contribution in [0.2, 0.25) is 0 Å². The Balaban J connectivity index is 1.69. The molecule has 4 rings (SSSR count). The zero-order chi connectivity index (χ0) is 20.4. The van der Waals surface area contributed by atoms with Gasteiger partial charge in [-0.2, -0.15) is 0 Å². The topological polar surface area (TPSA) is 64.8 Å². The van der Waals surface area contributed by atoms with E-state index in [0.29, 0.717) is 34.4 Å². The number of benzene rings is 1. The van der Waals surface area contributed by atoms with Crippen molar-refractivity contribution in [2.45, 2.75) is 13.0 Å². The zero-order valence-electron chi connectivity index (χ0n) is 16.0. The van der Waals surface area contributed by atoms with Crippen LogP contribution in [0.25, 0.3) is 22.2 Å². The van der Waals surface area contributed by atoms with E-state index in [1.54, 1.807) is 35.5 Å². The maximum atomic E-state index is 14.5. The van der Waals surface area contributed by atoms with Crippen molar-refractivity contribution >= 4 is 16.9 Å². The Morgan fingerprint density at radius 2 is 2.07 bits per heavy atom. The lowest BCUT2D eigenvalue weighted by Gasteiger charge is -2.28. The van der Waals surface area contributed by atoms with Gasteiger partial charge in [-0.05, 0) is 24.6 Å². The monoisotopic (exact) mass is 388 g/mol. The van der Waals surface area contributed by atoms with E-state index < -0.39 is 5.82 Å². The first kappa shape index (κ1) is 18.7. The number of carbonyl (C=O) groups is 1. The van der Waals surface area contributed by atoms with E-state index in [1.165, 1.54) is 6.20 Å². The number of aromatic amines is 2. The average Bonchev–Trinajstić information content (AvgIpc) is 3.41. The van der Waals surface area contributed by atoms with E-state index in [9.17, 15) is 9.18 Å². The molecule has 0 aliphatic heterocycles. The summed E-state index contributed by atoms with van der Waals surface area (Å²) in [5.74, 6) is -0.608. The largest absolute Gasteiger partial charge is 0.357 e. The fourth-order valence-electron chi connectivity index (χ4n) is 3.56. The average molecular weight is 388 g/mol. The highest BCUT2D eigenvalue weighted by Crippen LogP contribution is 2.31. The van der Waals surface area contributed by atoms with Crippen LogP contribution in [0.15, 0.2) is 73.7 Å². The van der Waals surface area contributed by atoms with Gasteiger partial charge in [0.1, 0.15) is 17.2 Å². The van der Waals surface area contributed by atoms with Gasteiger partial charge in [0.05, 0.1) is 12.2 Å². The summed E-state index contributed by atoms with van der Waals surface area (Å²) in [6.07, 6.45) is 6.25. The fourth-order valence-corrected chi connectivity index (χ4v) is 3.56. The smallest absolute Gasteiger partial charge is 0.271 e. The second kappa shape index (κ2) is 7.75. The first-order valence-electron chi connectivity index (χ1n) is 9.37. The number of hydrogen-bond acceptors (Lipinski definition) is 2. The minimum Gasteiger partial charge on any atom is -0.357 e. The number of rotatable bonds is 6. The third-order valence-corrected chi connectivity index (χ3v) is 5.08. The molecule has 2 N–H and O–H groups in total. The van der Waals surface area contributed by atoms with E-state index in [1.807, 2.05) is 37.3 Å². The molecule has 3 aromatic heterocycles. The molecule has 5 nitrogen and oxygen atoms in total. The molecule has 0 saturated heterocycles. The molecule has 4 aromatic rings. The van der Waals surface area contributed by atoms with Crippen LogP contribution in [0.4, 0.5) is 4.39 Å². The van der Waals surface area contributed by atoms with Gasteiger partial charge in [-0.15, -0.1) is 6.58 Å². The Bertz CT molecular complexity index is 1160. The summed E-state index contributed by atoms with van der Waals surface area (Å²) < 4.78 is 14.5. The predicted molar refractivity (Wildman–Crippen MR) is 112 cm³/mol. The molecule has 0 bridgehead atoms. The number of H-pyrrole nitrogens is 2. The molecule has 0 saturated carbocycles. The molecule has 1 aromatic carbocycles. The lowest BCUT2D eigenvalue weighted by molar-refractivity contribution is 0.0709. The van der Waals surface area contributed by atoms with Gasteiger partial charge in [0.2, 0.25) is 0 Å². The van der Waals surface area contributed by atoms with Gasteiger partial charge >= 0.3 is 0 Å². The van der Waals surface area contributed by atoms with E-state index >= 15 is 0 Å². The Kier molecular flexibility index (Phi) is 4.99. The summed E-state index contributed by atoms with van der Waals surface area (Å²) in [7, 11) is 0. The normalized spacial score (nSPS) is 12.1. The quantitative estimate of drug-likeness (QED) is 0.452. The first-order chi connectivity index (χ1) is 14.1. The van der Waals surface area contributed by atoms with Crippen LogP contribution < -0.4 is 0 Å². The van der Waals surface area contributed by atoms with Gasteiger partial charge in [0.15, 0.2) is 0 Å². The van der Waals surface area contributed by atoms with E-state index in [-0.39, 0.29) is 11.9 Å². The van der Waals surface area contributed by atoms with Crippen molar-refractivity contribution in [3.05, 3.63) is 90.8 Å². The summed E-state index contributed by atoms with van der Waals surface area (Å²) in [6.45, 7) is 6.16. The van der Waals surface area contributed by atoms with Crippen molar-refractivity contribution in [2.75, 3.05) is 6.54 Å². The molecular weight excluding hydrogens is 367 g/mol. The van der Waals surface area contributed by atoms with Crippen LogP contribution in [-0.4, -0.2) is 32.3 Å². The molecule has 3 heterocycles. The number of aromatic nitrogens is 3. The standard InChI is InChI=1S/C23H21FN4O/c1-3-11-28(15(2)16-7-5-4-6-8-16)23(29)20-12-17(13-26-20)21-18-9-10-25-22(18)27-14-19(21)24/h3-10,12-15,26H,1,11H2,2H3,(H,25,27). The van der Waals surface area contributed by atoms with Crippen molar-refractivity contribution in [3.63, 3.8) is 0 Å². The number of fused-ring (bicyclic) bond motifs is 1. The Morgan fingerprint density at radius 3 is 2.83 bits per heavy atom. The third kappa shape index (κ3) is 3.45. The van der Waals surface area contributed by atoms with E-state index in [2.05, 4.69) is 21.5 Å².